The molecule has 1 nitrogen and oxygen atoms in total. The molecular formula is C9H12Cl2OSi. The quantitative estimate of drug-likeness (QED) is 0.578. The van der Waals surface area contributed by atoms with Gasteiger partial charge in [-0.3, -0.25) is 0 Å². The van der Waals surface area contributed by atoms with Crippen LogP contribution in [0.2, 0.25) is 11.6 Å². The summed E-state index contributed by atoms with van der Waals surface area (Å²) in [6, 6.07) is 7.58. The fraction of sp³-hybridized carbons (Fsp3) is 0.333. The van der Waals surface area contributed by atoms with E-state index >= 15 is 0 Å². The Morgan fingerprint density at radius 2 is 2.00 bits per heavy atom. The second-order valence-electron chi connectivity index (χ2n) is 2.83. The maximum absolute atomic E-state index is 6.30. The standard InChI is InChI=1S/C9H12Cl2OSi/c1-3-12-13(2,11)9-7-5-4-6-8(9)10/h4-7H,3H2,1-2H3. The molecule has 1 atom stereocenters. The van der Waals surface area contributed by atoms with Crippen molar-refractivity contribution in [2.75, 3.05) is 6.61 Å². The second-order valence-corrected chi connectivity index (χ2v) is 8.06. The van der Waals surface area contributed by atoms with Crippen LogP contribution in [0.15, 0.2) is 24.3 Å². The van der Waals surface area contributed by atoms with Gasteiger partial charge in [-0.1, -0.05) is 29.8 Å². The van der Waals surface area contributed by atoms with Gasteiger partial charge in [0.1, 0.15) is 0 Å². The normalized spacial score (nSPS) is 15.4. The zero-order chi connectivity index (χ0) is 9.90. The third-order valence-corrected chi connectivity index (χ3v) is 5.43. The number of benzene rings is 1. The molecule has 0 saturated carbocycles. The molecule has 1 aromatic carbocycles. The van der Waals surface area contributed by atoms with Gasteiger partial charge in [-0.2, -0.15) is 0 Å². The Morgan fingerprint density at radius 3 is 2.54 bits per heavy atom. The summed E-state index contributed by atoms with van der Waals surface area (Å²) in [5.41, 5.74) is 0. The van der Waals surface area contributed by atoms with E-state index in [0.717, 1.165) is 5.19 Å². The minimum absolute atomic E-state index is 0.622. The van der Waals surface area contributed by atoms with Crippen molar-refractivity contribution >= 4 is 35.5 Å². The van der Waals surface area contributed by atoms with E-state index in [1.807, 2.05) is 37.7 Å². The number of halogens is 2. The molecule has 4 heteroatoms. The molecule has 0 N–H and O–H groups in total. The zero-order valence-electron chi connectivity index (χ0n) is 7.68. The van der Waals surface area contributed by atoms with Crippen LogP contribution in [0.1, 0.15) is 6.92 Å². The van der Waals surface area contributed by atoms with Crippen LogP contribution in [0.5, 0.6) is 0 Å². The molecule has 0 fully saturated rings. The van der Waals surface area contributed by atoms with Gasteiger partial charge in [0.05, 0.1) is 0 Å². The summed E-state index contributed by atoms with van der Waals surface area (Å²) < 4.78 is 5.52. The maximum Gasteiger partial charge on any atom is 0.320 e. The third-order valence-electron chi connectivity index (χ3n) is 1.77. The molecule has 1 unspecified atom stereocenters. The van der Waals surface area contributed by atoms with Gasteiger partial charge < -0.3 is 4.43 Å². The summed E-state index contributed by atoms with van der Waals surface area (Å²) in [6.07, 6.45) is 0. The van der Waals surface area contributed by atoms with E-state index in [4.69, 9.17) is 27.1 Å². The average Bonchev–Trinajstić information content (AvgIpc) is 2.04. The average molecular weight is 235 g/mol. The molecule has 1 aromatic rings. The van der Waals surface area contributed by atoms with Gasteiger partial charge in [0.15, 0.2) is 0 Å². The Hall–Kier alpha value is -0.0231. The summed E-state index contributed by atoms with van der Waals surface area (Å²) in [5, 5.41) is 1.64. The Balaban J connectivity index is 2.99. The van der Waals surface area contributed by atoms with Gasteiger partial charge in [-0.25, -0.2) is 0 Å². The van der Waals surface area contributed by atoms with Crippen molar-refractivity contribution in [3.05, 3.63) is 29.3 Å². The van der Waals surface area contributed by atoms with Crippen LogP contribution < -0.4 is 5.19 Å². The number of hydrogen-bond acceptors (Lipinski definition) is 1. The molecule has 0 amide bonds. The Bertz CT molecular complexity index is 289. The van der Waals surface area contributed by atoms with Gasteiger partial charge in [0.2, 0.25) is 0 Å². The third kappa shape index (κ3) is 2.71. The summed E-state index contributed by atoms with van der Waals surface area (Å²) in [5.74, 6) is 0. The topological polar surface area (TPSA) is 9.23 Å². The predicted molar refractivity (Wildman–Crippen MR) is 60.2 cm³/mol. The molecule has 1 rings (SSSR count). The van der Waals surface area contributed by atoms with Gasteiger partial charge >= 0.3 is 7.63 Å². The van der Waals surface area contributed by atoms with Crippen molar-refractivity contribution in [2.45, 2.75) is 13.5 Å². The van der Waals surface area contributed by atoms with E-state index in [0.29, 0.717) is 11.6 Å². The van der Waals surface area contributed by atoms with Crippen LogP contribution in [0.3, 0.4) is 0 Å². The van der Waals surface area contributed by atoms with Crippen LogP contribution in [0, 0.1) is 0 Å². The molecule has 0 aliphatic heterocycles. The summed E-state index contributed by atoms with van der Waals surface area (Å²) >= 11 is 12.3. The summed E-state index contributed by atoms with van der Waals surface area (Å²) in [4.78, 5) is 0. The van der Waals surface area contributed by atoms with Crippen molar-refractivity contribution in [1.29, 1.82) is 0 Å². The highest BCUT2D eigenvalue weighted by Crippen LogP contribution is 2.16. The van der Waals surface area contributed by atoms with Crippen LogP contribution in [0.4, 0.5) is 0 Å². The Morgan fingerprint density at radius 1 is 1.38 bits per heavy atom. The highest BCUT2D eigenvalue weighted by atomic mass is 35.6. The smallest absolute Gasteiger partial charge is 0.320 e. The van der Waals surface area contributed by atoms with Gasteiger partial charge in [-0.15, -0.1) is 11.1 Å². The van der Waals surface area contributed by atoms with Crippen molar-refractivity contribution in [2.24, 2.45) is 0 Å². The highest BCUT2D eigenvalue weighted by molar-refractivity contribution is 7.23. The summed E-state index contributed by atoms with van der Waals surface area (Å²) in [7, 11) is -2.28. The molecule has 0 spiro atoms. The maximum atomic E-state index is 6.30. The van der Waals surface area contributed by atoms with E-state index in [2.05, 4.69) is 0 Å². The minimum atomic E-state index is -2.28. The lowest BCUT2D eigenvalue weighted by Gasteiger charge is -2.20. The molecule has 13 heavy (non-hydrogen) atoms. The van der Waals surface area contributed by atoms with E-state index in [-0.39, 0.29) is 0 Å². The first-order valence-electron chi connectivity index (χ1n) is 4.16. The SMILES string of the molecule is CCO[Si](C)(Cl)c1ccccc1Cl. The van der Waals surface area contributed by atoms with Crippen molar-refractivity contribution in [3.8, 4) is 0 Å². The molecule has 0 aliphatic rings. The molecule has 0 bridgehead atoms. The first-order chi connectivity index (χ1) is 6.08. The molecular weight excluding hydrogens is 223 g/mol. The van der Waals surface area contributed by atoms with E-state index in [9.17, 15) is 0 Å². The fourth-order valence-electron chi connectivity index (χ4n) is 1.17. The molecule has 72 valence electrons. The summed E-state index contributed by atoms with van der Waals surface area (Å²) in [6.45, 7) is 4.49. The lowest BCUT2D eigenvalue weighted by molar-refractivity contribution is 0.348. The van der Waals surface area contributed by atoms with E-state index in [1.54, 1.807) is 0 Å². The first-order valence-corrected chi connectivity index (χ1v) is 7.95. The molecule has 0 radical (unpaired) electrons. The van der Waals surface area contributed by atoms with E-state index < -0.39 is 7.63 Å². The zero-order valence-corrected chi connectivity index (χ0v) is 10.2. The van der Waals surface area contributed by atoms with Gasteiger partial charge in [0, 0.05) is 16.8 Å². The minimum Gasteiger partial charge on any atom is -0.400 e. The van der Waals surface area contributed by atoms with E-state index in [1.165, 1.54) is 0 Å². The predicted octanol–water partition coefficient (Wildman–Crippen LogP) is 2.89. The lowest BCUT2D eigenvalue weighted by atomic mass is 10.4. The number of rotatable bonds is 3. The second kappa shape index (κ2) is 4.47. The Kier molecular flexibility index (Phi) is 3.80. The van der Waals surface area contributed by atoms with Crippen LogP contribution in [-0.2, 0) is 4.43 Å². The highest BCUT2D eigenvalue weighted by Gasteiger charge is 2.30. The fourth-order valence-corrected chi connectivity index (χ4v) is 4.42. The van der Waals surface area contributed by atoms with Crippen LogP contribution >= 0.6 is 22.7 Å². The van der Waals surface area contributed by atoms with Gasteiger partial charge in [-0.05, 0) is 19.5 Å². The molecule has 0 heterocycles. The molecule has 0 saturated heterocycles. The molecule has 0 aromatic heterocycles. The molecule has 0 aliphatic carbocycles. The van der Waals surface area contributed by atoms with Crippen molar-refractivity contribution in [1.82, 2.24) is 0 Å². The van der Waals surface area contributed by atoms with Gasteiger partial charge in [0.25, 0.3) is 0 Å². The lowest BCUT2D eigenvalue weighted by Crippen LogP contribution is -2.43. The number of hydrogen-bond donors (Lipinski definition) is 0. The monoisotopic (exact) mass is 234 g/mol. The first kappa shape index (κ1) is 11.1. The van der Waals surface area contributed by atoms with Crippen molar-refractivity contribution in [3.63, 3.8) is 0 Å². The van der Waals surface area contributed by atoms with Crippen LogP contribution in [0.25, 0.3) is 0 Å². The largest absolute Gasteiger partial charge is 0.400 e. The van der Waals surface area contributed by atoms with Crippen LogP contribution in [-0.4, -0.2) is 14.2 Å². The van der Waals surface area contributed by atoms with Crippen molar-refractivity contribution < 1.29 is 4.43 Å². The Labute approximate surface area is 89.5 Å².